The predicted octanol–water partition coefficient (Wildman–Crippen LogP) is 3.95. The molecule has 108 valence electrons. The molecule has 1 aromatic carbocycles. The summed E-state index contributed by atoms with van der Waals surface area (Å²) in [6.07, 6.45) is -3.25. The third-order valence-corrected chi connectivity index (χ3v) is 3.08. The average Bonchev–Trinajstić information content (AvgIpc) is 2.39. The van der Waals surface area contributed by atoms with E-state index in [4.69, 9.17) is 5.26 Å². The number of rotatable bonds is 4. The minimum Gasteiger partial charge on any atom is -0.325 e. The maximum absolute atomic E-state index is 12.5. The summed E-state index contributed by atoms with van der Waals surface area (Å²) in [6, 6.07) is 4.38. The van der Waals surface area contributed by atoms with E-state index >= 15 is 0 Å². The fourth-order valence-electron chi connectivity index (χ4n) is 1.82. The quantitative estimate of drug-likeness (QED) is 0.910. The van der Waals surface area contributed by atoms with E-state index in [0.29, 0.717) is 12.8 Å². The van der Waals surface area contributed by atoms with E-state index in [0.717, 1.165) is 18.2 Å². The summed E-state index contributed by atoms with van der Waals surface area (Å²) in [4.78, 5) is 11.9. The molecule has 0 aliphatic heterocycles. The normalized spacial score (nSPS) is 11.2. The summed E-state index contributed by atoms with van der Waals surface area (Å²) in [5, 5.41) is 11.4. The van der Waals surface area contributed by atoms with Gasteiger partial charge in [-0.3, -0.25) is 4.79 Å². The zero-order valence-corrected chi connectivity index (χ0v) is 11.2. The molecule has 0 spiro atoms. The number of hydrogen-bond acceptors (Lipinski definition) is 2. The minimum atomic E-state index is -4.51. The van der Waals surface area contributed by atoms with Gasteiger partial charge in [-0.15, -0.1) is 0 Å². The number of carbonyl (C=O) groups excluding carboxylic acids is 1. The van der Waals surface area contributed by atoms with Crippen molar-refractivity contribution in [3.63, 3.8) is 0 Å². The molecule has 0 radical (unpaired) electrons. The van der Waals surface area contributed by atoms with Gasteiger partial charge in [-0.05, 0) is 31.0 Å². The number of amides is 1. The molecule has 0 heterocycles. The van der Waals surface area contributed by atoms with Gasteiger partial charge in [0, 0.05) is 5.92 Å². The summed E-state index contributed by atoms with van der Waals surface area (Å²) in [5.41, 5.74) is -0.994. The van der Waals surface area contributed by atoms with Crippen molar-refractivity contribution >= 4 is 11.6 Å². The summed E-state index contributed by atoms with van der Waals surface area (Å²) in [7, 11) is 0. The van der Waals surface area contributed by atoms with Gasteiger partial charge in [-0.1, -0.05) is 13.8 Å². The number of benzene rings is 1. The molecular weight excluding hydrogens is 269 g/mol. The van der Waals surface area contributed by atoms with Crippen molar-refractivity contribution in [1.29, 1.82) is 5.26 Å². The van der Waals surface area contributed by atoms with Crippen molar-refractivity contribution in [3.8, 4) is 6.07 Å². The lowest BCUT2D eigenvalue weighted by Crippen LogP contribution is -2.22. The molecule has 0 atom stereocenters. The molecule has 6 heteroatoms. The number of hydrogen-bond donors (Lipinski definition) is 1. The monoisotopic (exact) mass is 284 g/mol. The van der Waals surface area contributed by atoms with Crippen molar-refractivity contribution in [2.75, 3.05) is 5.32 Å². The maximum atomic E-state index is 12.5. The van der Waals surface area contributed by atoms with Crippen LogP contribution in [0, 0.1) is 17.2 Å². The highest BCUT2D eigenvalue weighted by Gasteiger charge is 2.31. The van der Waals surface area contributed by atoms with E-state index in [1.807, 2.05) is 13.8 Å². The predicted molar refractivity (Wildman–Crippen MR) is 68.9 cm³/mol. The van der Waals surface area contributed by atoms with E-state index in [9.17, 15) is 18.0 Å². The van der Waals surface area contributed by atoms with Crippen molar-refractivity contribution in [2.24, 2.45) is 5.92 Å². The lowest BCUT2D eigenvalue weighted by Gasteiger charge is -2.14. The van der Waals surface area contributed by atoms with Crippen LogP contribution in [0.1, 0.15) is 37.8 Å². The standard InChI is InChI=1S/C14H15F3N2O/c1-3-9(4-2)13(20)19-12-6-5-11(14(15,16)17)7-10(12)8-18/h5-7,9H,3-4H2,1-2H3,(H,19,20). The van der Waals surface area contributed by atoms with Crippen molar-refractivity contribution < 1.29 is 18.0 Å². The van der Waals surface area contributed by atoms with E-state index in [1.54, 1.807) is 6.07 Å². The Morgan fingerprint density at radius 1 is 1.35 bits per heavy atom. The number of nitrogens with zero attached hydrogens (tertiary/aromatic N) is 1. The fraction of sp³-hybridized carbons (Fsp3) is 0.429. The molecule has 1 rings (SSSR count). The van der Waals surface area contributed by atoms with Gasteiger partial charge in [0.2, 0.25) is 5.91 Å². The fourth-order valence-corrected chi connectivity index (χ4v) is 1.82. The Hall–Kier alpha value is -2.03. The van der Waals surface area contributed by atoms with Gasteiger partial charge in [0.15, 0.2) is 0 Å². The Morgan fingerprint density at radius 2 is 1.95 bits per heavy atom. The molecule has 0 unspecified atom stereocenters. The largest absolute Gasteiger partial charge is 0.416 e. The summed E-state index contributed by atoms with van der Waals surface area (Å²) in [6.45, 7) is 3.71. The van der Waals surface area contributed by atoms with Gasteiger partial charge in [-0.25, -0.2) is 0 Å². The number of nitrogens with one attached hydrogen (secondary N) is 1. The Balaban J connectivity index is 3.03. The molecule has 0 saturated heterocycles. The topological polar surface area (TPSA) is 52.9 Å². The van der Waals surface area contributed by atoms with Gasteiger partial charge in [0.05, 0.1) is 16.8 Å². The molecule has 0 aliphatic carbocycles. The Morgan fingerprint density at radius 3 is 2.40 bits per heavy atom. The zero-order chi connectivity index (χ0) is 15.3. The van der Waals surface area contributed by atoms with Crippen molar-refractivity contribution in [2.45, 2.75) is 32.9 Å². The van der Waals surface area contributed by atoms with E-state index < -0.39 is 11.7 Å². The van der Waals surface area contributed by atoms with Crippen LogP contribution in [-0.2, 0) is 11.0 Å². The lowest BCUT2D eigenvalue weighted by molar-refractivity contribution is -0.137. The molecule has 20 heavy (non-hydrogen) atoms. The second-order valence-electron chi connectivity index (χ2n) is 4.37. The number of anilines is 1. The van der Waals surface area contributed by atoms with E-state index in [2.05, 4.69) is 5.32 Å². The first-order valence-corrected chi connectivity index (χ1v) is 6.25. The zero-order valence-electron chi connectivity index (χ0n) is 11.2. The Labute approximate surface area is 115 Å². The third kappa shape index (κ3) is 3.73. The number of carbonyl (C=O) groups is 1. The number of halogens is 3. The molecular formula is C14H15F3N2O. The van der Waals surface area contributed by atoms with Gasteiger partial charge in [0.1, 0.15) is 6.07 Å². The molecule has 0 fully saturated rings. The van der Waals surface area contributed by atoms with Crippen molar-refractivity contribution in [1.82, 2.24) is 0 Å². The average molecular weight is 284 g/mol. The summed E-state index contributed by atoms with van der Waals surface area (Å²) >= 11 is 0. The summed E-state index contributed by atoms with van der Waals surface area (Å²) in [5.74, 6) is -0.505. The van der Waals surface area contributed by atoms with Gasteiger partial charge in [0.25, 0.3) is 0 Å². The van der Waals surface area contributed by atoms with E-state index in [1.165, 1.54) is 0 Å². The number of nitriles is 1. The molecule has 3 nitrogen and oxygen atoms in total. The molecule has 0 saturated carbocycles. The van der Waals surface area contributed by atoms with Gasteiger partial charge >= 0.3 is 6.18 Å². The van der Waals surface area contributed by atoms with Crippen LogP contribution >= 0.6 is 0 Å². The first-order chi connectivity index (χ1) is 9.33. The minimum absolute atomic E-state index is 0.109. The molecule has 0 bridgehead atoms. The van der Waals surface area contributed by atoms with Crippen molar-refractivity contribution in [3.05, 3.63) is 29.3 Å². The highest BCUT2D eigenvalue weighted by Crippen LogP contribution is 2.31. The van der Waals surface area contributed by atoms with Crippen LogP contribution in [0.25, 0.3) is 0 Å². The first-order valence-electron chi connectivity index (χ1n) is 6.25. The third-order valence-electron chi connectivity index (χ3n) is 3.08. The van der Waals surface area contributed by atoms with Crippen LogP contribution in [0.3, 0.4) is 0 Å². The summed E-state index contributed by atoms with van der Waals surface area (Å²) < 4.78 is 37.6. The smallest absolute Gasteiger partial charge is 0.325 e. The molecule has 0 aliphatic rings. The molecule has 0 aromatic heterocycles. The van der Waals surface area contributed by atoms with Gasteiger partial charge in [-0.2, -0.15) is 18.4 Å². The molecule has 1 aromatic rings. The van der Waals surface area contributed by atoms with Gasteiger partial charge < -0.3 is 5.32 Å². The highest BCUT2D eigenvalue weighted by molar-refractivity contribution is 5.93. The maximum Gasteiger partial charge on any atom is 0.416 e. The van der Waals surface area contributed by atoms with Crippen LogP contribution in [0.15, 0.2) is 18.2 Å². The van der Waals surface area contributed by atoms with Crippen LogP contribution in [-0.4, -0.2) is 5.91 Å². The van der Waals surface area contributed by atoms with Crippen LogP contribution in [0.2, 0.25) is 0 Å². The number of alkyl halides is 3. The van der Waals surface area contributed by atoms with Crippen LogP contribution in [0.5, 0.6) is 0 Å². The SMILES string of the molecule is CCC(CC)C(=O)Nc1ccc(C(F)(F)F)cc1C#N. The highest BCUT2D eigenvalue weighted by atomic mass is 19.4. The molecule has 1 N–H and O–H groups in total. The first kappa shape index (κ1) is 16.0. The van der Waals surface area contributed by atoms with E-state index in [-0.39, 0.29) is 23.1 Å². The Bertz CT molecular complexity index is 528. The lowest BCUT2D eigenvalue weighted by atomic mass is 10.0. The second-order valence-corrected chi connectivity index (χ2v) is 4.37. The second kappa shape index (κ2) is 6.42. The van der Waals surface area contributed by atoms with Crippen LogP contribution < -0.4 is 5.32 Å². The molecule has 1 amide bonds. The Kier molecular flexibility index (Phi) is 5.14. The van der Waals surface area contributed by atoms with Crippen LogP contribution in [0.4, 0.5) is 18.9 Å².